The van der Waals surface area contributed by atoms with Gasteiger partial charge in [0, 0.05) is 4.88 Å². The summed E-state index contributed by atoms with van der Waals surface area (Å²) in [5.41, 5.74) is 0. The molecule has 4 heteroatoms. The molecular weight excluding hydrogens is 212 g/mol. The number of ketones is 1. The van der Waals surface area contributed by atoms with E-state index in [2.05, 4.69) is 10.8 Å². The van der Waals surface area contributed by atoms with Crippen molar-refractivity contribution in [3.05, 3.63) is 22.4 Å². The van der Waals surface area contributed by atoms with Gasteiger partial charge in [-0.1, -0.05) is 6.07 Å². The van der Waals surface area contributed by atoms with Gasteiger partial charge in [0.25, 0.3) is 0 Å². The molecule has 0 bridgehead atoms. The first kappa shape index (κ1) is 10.4. The second-order valence-corrected chi connectivity index (χ2v) is 4.63. The zero-order chi connectivity index (χ0) is 10.7. The number of thiophene rings is 1. The Morgan fingerprint density at radius 3 is 2.93 bits per heavy atom. The van der Waals surface area contributed by atoms with Crippen LogP contribution in [0.15, 0.2) is 17.5 Å². The van der Waals surface area contributed by atoms with Crippen molar-refractivity contribution in [2.24, 2.45) is 5.92 Å². The minimum atomic E-state index is -0.495. The molecule has 80 valence electrons. The van der Waals surface area contributed by atoms with Gasteiger partial charge in [0.05, 0.1) is 0 Å². The van der Waals surface area contributed by atoms with Gasteiger partial charge in [-0.15, -0.1) is 11.3 Å². The van der Waals surface area contributed by atoms with Crippen LogP contribution < -0.4 is 0 Å². The second-order valence-electron chi connectivity index (χ2n) is 3.60. The Hall–Kier alpha value is -1.16. The van der Waals surface area contributed by atoms with Gasteiger partial charge in [-0.05, 0) is 30.7 Å². The van der Waals surface area contributed by atoms with E-state index < -0.39 is 5.92 Å². The van der Waals surface area contributed by atoms with Crippen molar-refractivity contribution >= 4 is 23.1 Å². The Kier molecular flexibility index (Phi) is 3.16. The fourth-order valence-electron chi connectivity index (χ4n) is 1.69. The lowest BCUT2D eigenvalue weighted by Crippen LogP contribution is -2.15. The number of cyclic esters (lactones) is 1. The number of hydrogen-bond acceptors (Lipinski definition) is 4. The largest absolute Gasteiger partial charge is 0.457 e. The van der Waals surface area contributed by atoms with Crippen molar-refractivity contribution in [1.29, 1.82) is 0 Å². The van der Waals surface area contributed by atoms with E-state index >= 15 is 0 Å². The maximum absolute atomic E-state index is 11.2. The van der Waals surface area contributed by atoms with Crippen LogP contribution in [0.25, 0.3) is 0 Å². The summed E-state index contributed by atoms with van der Waals surface area (Å²) < 4.78 is 4.68. The fraction of sp³-hybridized carbons (Fsp3) is 0.455. The van der Waals surface area contributed by atoms with Gasteiger partial charge in [-0.25, -0.2) is 0 Å². The summed E-state index contributed by atoms with van der Waals surface area (Å²) in [7, 11) is 0. The average molecular weight is 224 g/mol. The average Bonchev–Trinajstić information content (AvgIpc) is 2.82. The molecule has 1 unspecified atom stereocenters. The molecule has 0 saturated carbocycles. The first-order valence-electron chi connectivity index (χ1n) is 4.99. The number of ether oxygens (including phenoxy) is 1. The van der Waals surface area contributed by atoms with Crippen LogP contribution in [-0.4, -0.2) is 18.4 Å². The van der Waals surface area contributed by atoms with E-state index in [1.807, 2.05) is 11.4 Å². The first-order chi connectivity index (χ1) is 7.27. The Balaban J connectivity index is 1.78. The van der Waals surface area contributed by atoms with Gasteiger partial charge in [0.15, 0.2) is 12.4 Å². The molecule has 0 amide bonds. The monoisotopic (exact) mass is 224 g/mol. The normalized spacial score (nSPS) is 20.7. The lowest BCUT2D eigenvalue weighted by molar-refractivity contribution is -0.141. The Labute approximate surface area is 92.1 Å². The van der Waals surface area contributed by atoms with Crippen molar-refractivity contribution in [3.8, 4) is 0 Å². The van der Waals surface area contributed by atoms with Gasteiger partial charge in [-0.2, -0.15) is 0 Å². The highest BCUT2D eigenvalue weighted by molar-refractivity contribution is 7.09. The quantitative estimate of drug-likeness (QED) is 0.578. The molecule has 0 radical (unpaired) electrons. The smallest absolute Gasteiger partial charge is 0.317 e. The number of aryl methyl sites for hydroxylation is 1. The third-order valence-electron chi connectivity index (χ3n) is 2.53. The Bertz CT molecular complexity index is 340. The van der Waals surface area contributed by atoms with Crippen LogP contribution in [0.5, 0.6) is 0 Å². The molecule has 0 aromatic carbocycles. The summed E-state index contributed by atoms with van der Waals surface area (Å²) in [5, 5.41) is 2.03. The van der Waals surface area contributed by atoms with Crippen LogP contribution in [-0.2, 0) is 20.7 Å². The second kappa shape index (κ2) is 4.57. The van der Waals surface area contributed by atoms with Crippen molar-refractivity contribution in [1.82, 2.24) is 0 Å². The molecule has 1 aliphatic rings. The van der Waals surface area contributed by atoms with Gasteiger partial charge >= 0.3 is 5.97 Å². The summed E-state index contributed by atoms with van der Waals surface area (Å²) in [6, 6.07) is 4.08. The standard InChI is InChI=1S/C11H12O3S/c12-10-7-14-11(13)9(10)5-1-3-8-4-2-6-15-8/h2,4,6,9H,1,3,5,7H2. The van der Waals surface area contributed by atoms with E-state index in [0.717, 1.165) is 12.8 Å². The third-order valence-corrected chi connectivity index (χ3v) is 3.46. The molecular formula is C11H12O3S. The molecule has 2 heterocycles. The van der Waals surface area contributed by atoms with Gasteiger partial charge in [0.1, 0.15) is 5.92 Å². The molecule has 0 aliphatic carbocycles. The predicted molar refractivity (Wildman–Crippen MR) is 56.7 cm³/mol. The molecule has 0 N–H and O–H groups in total. The van der Waals surface area contributed by atoms with Crippen LogP contribution in [0, 0.1) is 5.92 Å². The number of hydrogen-bond donors (Lipinski definition) is 0. The lowest BCUT2D eigenvalue weighted by Gasteiger charge is -2.02. The summed E-state index contributed by atoms with van der Waals surface area (Å²) >= 11 is 1.71. The minimum Gasteiger partial charge on any atom is -0.457 e. The van der Waals surface area contributed by atoms with Crippen LogP contribution in [0.2, 0.25) is 0 Å². The lowest BCUT2D eigenvalue weighted by atomic mass is 9.99. The van der Waals surface area contributed by atoms with Gasteiger partial charge in [-0.3, -0.25) is 9.59 Å². The molecule has 0 spiro atoms. The highest BCUT2D eigenvalue weighted by atomic mass is 32.1. The van der Waals surface area contributed by atoms with Gasteiger partial charge in [0.2, 0.25) is 0 Å². The molecule has 1 aliphatic heterocycles. The van der Waals surface area contributed by atoms with Crippen molar-refractivity contribution in [2.75, 3.05) is 6.61 Å². The number of carbonyl (C=O) groups excluding carboxylic acids is 2. The van der Waals surface area contributed by atoms with Gasteiger partial charge < -0.3 is 4.74 Å². The van der Waals surface area contributed by atoms with E-state index in [1.54, 1.807) is 11.3 Å². The van der Waals surface area contributed by atoms with Crippen LogP contribution in [0.4, 0.5) is 0 Å². The molecule has 1 saturated heterocycles. The zero-order valence-electron chi connectivity index (χ0n) is 8.27. The molecule has 15 heavy (non-hydrogen) atoms. The maximum Gasteiger partial charge on any atom is 0.317 e. The number of Topliss-reactive ketones (excluding diaryl/α,β-unsaturated/α-hetero) is 1. The van der Waals surface area contributed by atoms with E-state index in [4.69, 9.17) is 0 Å². The highest BCUT2D eigenvalue weighted by Gasteiger charge is 2.34. The Morgan fingerprint density at radius 1 is 1.47 bits per heavy atom. The van der Waals surface area contributed by atoms with E-state index in [-0.39, 0.29) is 18.4 Å². The summed E-state index contributed by atoms with van der Waals surface area (Å²) in [4.78, 5) is 23.7. The summed E-state index contributed by atoms with van der Waals surface area (Å²) in [6.45, 7) is -0.0253. The van der Waals surface area contributed by atoms with Crippen LogP contribution in [0.3, 0.4) is 0 Å². The Morgan fingerprint density at radius 2 is 2.33 bits per heavy atom. The predicted octanol–water partition coefficient (Wildman–Crippen LogP) is 1.81. The van der Waals surface area contributed by atoms with Crippen LogP contribution in [0.1, 0.15) is 17.7 Å². The molecule has 3 nitrogen and oxygen atoms in total. The SMILES string of the molecule is O=C1COC(=O)C1CCCc1cccs1. The van der Waals surface area contributed by atoms with Crippen molar-refractivity contribution < 1.29 is 14.3 Å². The van der Waals surface area contributed by atoms with E-state index in [0.29, 0.717) is 6.42 Å². The van der Waals surface area contributed by atoms with E-state index in [9.17, 15) is 9.59 Å². The molecule has 1 atom stereocenters. The molecule has 1 fully saturated rings. The molecule has 1 aromatic heterocycles. The fourth-order valence-corrected chi connectivity index (χ4v) is 2.44. The topological polar surface area (TPSA) is 43.4 Å². The van der Waals surface area contributed by atoms with Crippen molar-refractivity contribution in [3.63, 3.8) is 0 Å². The minimum absolute atomic E-state index is 0.0253. The van der Waals surface area contributed by atoms with Crippen LogP contribution >= 0.6 is 11.3 Å². The summed E-state index contributed by atoms with van der Waals surface area (Å²) in [6.07, 6.45) is 2.43. The molecule has 2 rings (SSSR count). The molecule has 1 aromatic rings. The zero-order valence-corrected chi connectivity index (χ0v) is 9.09. The summed E-state index contributed by atoms with van der Waals surface area (Å²) in [5.74, 6) is -0.901. The number of carbonyl (C=O) groups is 2. The van der Waals surface area contributed by atoms with Crippen molar-refractivity contribution in [2.45, 2.75) is 19.3 Å². The number of esters is 1. The first-order valence-corrected chi connectivity index (χ1v) is 5.87. The highest BCUT2D eigenvalue weighted by Crippen LogP contribution is 2.19. The van der Waals surface area contributed by atoms with E-state index in [1.165, 1.54) is 4.88 Å². The number of rotatable bonds is 4. The maximum atomic E-state index is 11.2. The third kappa shape index (κ3) is 2.45.